The van der Waals surface area contributed by atoms with Crippen LogP contribution in [0.4, 0.5) is 0 Å². The molecular weight excluding hydrogens is 418 g/mol. The lowest BCUT2D eigenvalue weighted by Crippen LogP contribution is -2.45. The van der Waals surface area contributed by atoms with Crippen LogP contribution in [-0.2, 0) is 16.4 Å². The number of ether oxygens (including phenoxy) is 1. The van der Waals surface area contributed by atoms with Crippen molar-refractivity contribution in [2.24, 2.45) is 5.73 Å². The fourth-order valence-corrected chi connectivity index (χ4v) is 4.54. The summed E-state index contributed by atoms with van der Waals surface area (Å²) < 4.78 is 14.7. The van der Waals surface area contributed by atoms with Gasteiger partial charge in [-0.25, -0.2) is 4.98 Å². The van der Waals surface area contributed by atoms with Crippen molar-refractivity contribution < 1.29 is 14.0 Å². The zero-order valence-electron chi connectivity index (χ0n) is 21.1. The number of benzene rings is 1. The van der Waals surface area contributed by atoms with Crippen LogP contribution >= 0.6 is 0 Å². The summed E-state index contributed by atoms with van der Waals surface area (Å²) in [5.41, 5.74) is 6.98. The molecule has 0 spiro atoms. The fraction of sp³-hybridized carbons (Fsp3) is 0.600. The average molecular weight is 460 g/mol. The van der Waals surface area contributed by atoms with Crippen molar-refractivity contribution in [1.82, 2.24) is 9.55 Å². The molecule has 0 aliphatic rings. The monoisotopic (exact) mass is 459 g/mol. The van der Waals surface area contributed by atoms with Crippen LogP contribution in [0.3, 0.4) is 0 Å². The number of nitrogens with two attached hydrogens (primary N) is 1. The molecule has 1 unspecified atom stereocenters. The molecule has 2 aromatic rings. The van der Waals surface area contributed by atoms with Gasteiger partial charge in [0.1, 0.15) is 11.4 Å². The van der Waals surface area contributed by atoms with E-state index < -0.39 is 14.2 Å². The molecule has 0 fully saturated rings. The van der Waals surface area contributed by atoms with Gasteiger partial charge < -0.3 is 19.5 Å². The summed E-state index contributed by atoms with van der Waals surface area (Å²) in [6.45, 7) is 19.1. The molecule has 1 aromatic carbocycles. The number of nitrogens with zero attached hydrogens (tertiary/aromatic N) is 2. The second kappa shape index (κ2) is 10.2. The molecule has 0 bridgehead atoms. The topological polar surface area (TPSA) is 79.4 Å². The van der Waals surface area contributed by atoms with Crippen molar-refractivity contribution in [2.75, 3.05) is 6.61 Å². The van der Waals surface area contributed by atoms with E-state index in [1.54, 1.807) is 12.5 Å². The highest BCUT2D eigenvalue weighted by molar-refractivity contribution is 6.74. The van der Waals surface area contributed by atoms with Crippen LogP contribution in [0.2, 0.25) is 18.1 Å². The molecule has 0 radical (unpaired) electrons. The van der Waals surface area contributed by atoms with Crippen molar-refractivity contribution in [3.05, 3.63) is 48.0 Å². The Hall–Kier alpha value is -2.12. The van der Waals surface area contributed by atoms with Gasteiger partial charge in [0.15, 0.2) is 8.32 Å². The Morgan fingerprint density at radius 2 is 1.88 bits per heavy atom. The van der Waals surface area contributed by atoms with Crippen LogP contribution in [-0.4, -0.2) is 36.5 Å². The van der Waals surface area contributed by atoms with Crippen molar-refractivity contribution in [1.29, 1.82) is 0 Å². The van der Waals surface area contributed by atoms with Crippen LogP contribution in [0.25, 0.3) is 0 Å². The number of carbonyl (C=O) groups excluding carboxylic acids is 1. The third-order valence-electron chi connectivity index (χ3n) is 6.21. The average Bonchev–Trinajstić information content (AvgIpc) is 3.12. The number of aromatic nitrogens is 2. The van der Waals surface area contributed by atoms with Gasteiger partial charge in [-0.3, -0.25) is 4.79 Å². The predicted octanol–water partition coefficient (Wildman–Crippen LogP) is 5.53. The SMILES string of the molecule is CC(C)(C)c1cccc(OCCCC(Cn2cnc(C(N)=O)c2)O[Si](C)(C)C(C)(C)C)c1. The highest BCUT2D eigenvalue weighted by Crippen LogP contribution is 2.38. The molecule has 1 heterocycles. The number of hydrogen-bond acceptors (Lipinski definition) is 4. The maximum absolute atomic E-state index is 11.4. The highest BCUT2D eigenvalue weighted by Gasteiger charge is 2.39. The smallest absolute Gasteiger partial charge is 0.268 e. The van der Waals surface area contributed by atoms with Gasteiger partial charge in [-0.1, -0.05) is 53.7 Å². The molecular formula is C25H41N3O3Si. The standard InChI is InChI=1S/C25H41N3O3Si/c1-24(2,3)19-11-9-12-20(15-19)30-14-10-13-21(31-32(7,8)25(4,5)6)16-28-17-22(23(26)29)27-18-28/h9,11-12,15,17-18,21H,10,13-14,16H2,1-8H3,(H2,26,29). The minimum Gasteiger partial charge on any atom is -0.494 e. The molecule has 0 aliphatic heterocycles. The predicted molar refractivity (Wildman–Crippen MR) is 133 cm³/mol. The van der Waals surface area contributed by atoms with Gasteiger partial charge in [0.05, 0.1) is 19.0 Å². The molecule has 1 aromatic heterocycles. The molecule has 32 heavy (non-hydrogen) atoms. The van der Waals surface area contributed by atoms with Crippen molar-refractivity contribution >= 4 is 14.2 Å². The number of imidazole rings is 1. The first kappa shape index (κ1) is 26.1. The van der Waals surface area contributed by atoms with Gasteiger partial charge >= 0.3 is 0 Å². The molecule has 1 amide bonds. The van der Waals surface area contributed by atoms with E-state index in [0.29, 0.717) is 13.2 Å². The largest absolute Gasteiger partial charge is 0.494 e. The second-order valence-corrected chi connectivity index (χ2v) is 15.8. The molecule has 1 atom stereocenters. The number of carbonyl (C=O) groups is 1. The Labute approximate surface area is 194 Å². The third-order valence-corrected chi connectivity index (χ3v) is 10.7. The number of primary amides is 1. The first-order chi connectivity index (χ1) is 14.7. The lowest BCUT2D eigenvalue weighted by Gasteiger charge is -2.39. The van der Waals surface area contributed by atoms with Crippen LogP contribution < -0.4 is 10.5 Å². The third kappa shape index (κ3) is 7.48. The van der Waals surface area contributed by atoms with E-state index in [1.807, 2.05) is 10.6 Å². The molecule has 0 saturated carbocycles. The number of rotatable bonds is 10. The minimum atomic E-state index is -1.96. The second-order valence-electron chi connectivity index (χ2n) is 11.1. The summed E-state index contributed by atoms with van der Waals surface area (Å²) in [5.74, 6) is 0.386. The summed E-state index contributed by atoms with van der Waals surface area (Å²) in [4.78, 5) is 15.5. The van der Waals surface area contributed by atoms with E-state index in [2.05, 4.69) is 77.8 Å². The molecule has 7 heteroatoms. The van der Waals surface area contributed by atoms with Crippen LogP contribution in [0.5, 0.6) is 5.75 Å². The molecule has 0 aliphatic carbocycles. The summed E-state index contributed by atoms with van der Waals surface area (Å²) in [7, 11) is -1.96. The Balaban J connectivity index is 2.02. The van der Waals surface area contributed by atoms with Crippen LogP contribution in [0, 0.1) is 0 Å². The van der Waals surface area contributed by atoms with E-state index >= 15 is 0 Å². The Kier molecular flexibility index (Phi) is 8.34. The lowest BCUT2D eigenvalue weighted by molar-refractivity contribution is 0.0995. The summed E-state index contributed by atoms with van der Waals surface area (Å²) in [5, 5.41) is 0.114. The minimum absolute atomic E-state index is 0.00956. The van der Waals surface area contributed by atoms with Gasteiger partial charge in [0.2, 0.25) is 0 Å². The molecule has 6 nitrogen and oxygen atoms in total. The van der Waals surface area contributed by atoms with Crippen LogP contribution in [0.1, 0.15) is 70.4 Å². The Bertz CT molecular complexity index is 894. The fourth-order valence-electron chi connectivity index (χ4n) is 3.16. The van der Waals surface area contributed by atoms with Gasteiger partial charge in [-0.05, 0) is 54.1 Å². The van der Waals surface area contributed by atoms with Gasteiger partial charge in [-0.2, -0.15) is 0 Å². The first-order valence-corrected chi connectivity index (χ1v) is 14.3. The van der Waals surface area contributed by atoms with E-state index in [4.69, 9.17) is 14.9 Å². The van der Waals surface area contributed by atoms with Gasteiger partial charge in [0, 0.05) is 12.7 Å². The lowest BCUT2D eigenvalue weighted by atomic mass is 9.87. The summed E-state index contributed by atoms with van der Waals surface area (Å²) in [6, 6.07) is 8.33. The summed E-state index contributed by atoms with van der Waals surface area (Å²) in [6.07, 6.45) is 5.08. The highest BCUT2D eigenvalue weighted by atomic mass is 28.4. The molecule has 2 N–H and O–H groups in total. The van der Waals surface area contributed by atoms with Crippen molar-refractivity contribution in [3.63, 3.8) is 0 Å². The van der Waals surface area contributed by atoms with Gasteiger partial charge in [0.25, 0.3) is 5.91 Å². The normalized spacial score (nSPS) is 13.8. The molecule has 178 valence electrons. The first-order valence-electron chi connectivity index (χ1n) is 11.4. The molecule has 0 saturated heterocycles. The number of hydrogen-bond donors (Lipinski definition) is 1. The Morgan fingerprint density at radius 1 is 1.19 bits per heavy atom. The van der Waals surface area contributed by atoms with Crippen molar-refractivity contribution in [3.8, 4) is 5.75 Å². The molecule has 2 rings (SSSR count). The van der Waals surface area contributed by atoms with E-state index in [0.717, 1.165) is 18.6 Å². The zero-order chi connectivity index (χ0) is 24.2. The maximum Gasteiger partial charge on any atom is 0.268 e. The van der Waals surface area contributed by atoms with Crippen LogP contribution in [0.15, 0.2) is 36.8 Å². The maximum atomic E-state index is 11.4. The zero-order valence-corrected chi connectivity index (χ0v) is 22.1. The number of amides is 1. The van der Waals surface area contributed by atoms with E-state index in [1.165, 1.54) is 5.56 Å². The van der Waals surface area contributed by atoms with E-state index in [9.17, 15) is 4.79 Å². The Morgan fingerprint density at radius 3 is 2.44 bits per heavy atom. The summed E-state index contributed by atoms with van der Waals surface area (Å²) >= 11 is 0. The quantitative estimate of drug-likeness (QED) is 0.374. The van der Waals surface area contributed by atoms with Crippen molar-refractivity contribution in [2.45, 2.75) is 90.6 Å². The van der Waals surface area contributed by atoms with E-state index in [-0.39, 0.29) is 22.3 Å². The van der Waals surface area contributed by atoms with Gasteiger partial charge in [-0.15, -0.1) is 0 Å².